The van der Waals surface area contributed by atoms with Crippen LogP contribution in [0, 0.1) is 5.92 Å². The Morgan fingerprint density at radius 3 is 2.62 bits per heavy atom. The van der Waals surface area contributed by atoms with E-state index < -0.39 is 12.0 Å². The van der Waals surface area contributed by atoms with Gasteiger partial charge in [-0.2, -0.15) is 0 Å². The summed E-state index contributed by atoms with van der Waals surface area (Å²) in [4.78, 5) is 25.7. The van der Waals surface area contributed by atoms with E-state index in [0.29, 0.717) is 27.4 Å². The minimum atomic E-state index is -0.943. The molecule has 1 aromatic rings. The number of thioether (sulfide) groups is 1. The molecule has 7 heteroatoms. The second-order valence-corrected chi connectivity index (χ2v) is 7.47. The van der Waals surface area contributed by atoms with Crippen molar-refractivity contribution in [2.24, 2.45) is 5.92 Å². The minimum absolute atomic E-state index is 0.0289. The lowest BCUT2D eigenvalue weighted by Gasteiger charge is -2.27. The van der Waals surface area contributed by atoms with Crippen molar-refractivity contribution in [2.45, 2.75) is 24.3 Å². The number of nitrogens with two attached hydrogens (primary N) is 1. The molecule has 3 N–H and O–H groups in total. The first kappa shape index (κ1) is 14.7. The summed E-state index contributed by atoms with van der Waals surface area (Å²) < 4.78 is 0.715. The molecule has 1 aliphatic heterocycles. The lowest BCUT2D eigenvalue weighted by Crippen LogP contribution is -2.46. The number of hydrogen-bond donors (Lipinski definition) is 2. The smallest absolute Gasteiger partial charge is 0.327 e. The summed E-state index contributed by atoms with van der Waals surface area (Å²) in [7, 11) is 0. The number of amides is 1. The number of rotatable bonds is 3. The number of carboxylic acid groups (broad SMARTS) is 1. The summed E-state index contributed by atoms with van der Waals surface area (Å²) in [5.74, 6) is -0.321. The van der Waals surface area contributed by atoms with E-state index in [1.165, 1.54) is 4.90 Å². The van der Waals surface area contributed by atoms with E-state index in [1.54, 1.807) is 30.0 Å². The van der Waals surface area contributed by atoms with Crippen LogP contribution in [0.3, 0.4) is 0 Å². The van der Waals surface area contributed by atoms with Crippen molar-refractivity contribution in [2.75, 3.05) is 11.5 Å². The first-order valence-corrected chi connectivity index (χ1v) is 8.54. The molecule has 0 bridgehead atoms. The molecule has 1 aromatic carbocycles. The highest BCUT2D eigenvalue weighted by molar-refractivity contribution is 9.10. The largest absolute Gasteiger partial charge is 0.480 e. The summed E-state index contributed by atoms with van der Waals surface area (Å²) in [6, 6.07) is 4.24. The molecule has 0 aromatic heterocycles. The van der Waals surface area contributed by atoms with Crippen molar-refractivity contribution >= 4 is 45.3 Å². The third kappa shape index (κ3) is 2.89. The van der Waals surface area contributed by atoms with Crippen LogP contribution in [0.2, 0.25) is 0 Å². The van der Waals surface area contributed by atoms with Gasteiger partial charge in [-0.25, -0.2) is 4.79 Å². The Morgan fingerprint density at radius 2 is 2.05 bits per heavy atom. The molecule has 2 aliphatic rings. The van der Waals surface area contributed by atoms with Gasteiger partial charge in [0.1, 0.15) is 6.04 Å². The van der Waals surface area contributed by atoms with Gasteiger partial charge in [-0.15, -0.1) is 11.8 Å². The van der Waals surface area contributed by atoms with Gasteiger partial charge in [0, 0.05) is 21.5 Å². The third-order valence-corrected chi connectivity index (χ3v) is 5.67. The van der Waals surface area contributed by atoms with Gasteiger partial charge in [0.25, 0.3) is 5.91 Å². The van der Waals surface area contributed by atoms with E-state index >= 15 is 0 Å². The second-order valence-electron chi connectivity index (χ2n) is 5.40. The quantitative estimate of drug-likeness (QED) is 0.798. The van der Waals surface area contributed by atoms with Crippen molar-refractivity contribution in [3.05, 3.63) is 28.2 Å². The Morgan fingerprint density at radius 1 is 1.33 bits per heavy atom. The number of carbonyl (C=O) groups excluding carboxylic acids is 1. The number of halogens is 1. The molecular formula is C14H15BrN2O3S. The number of nitrogens with zero attached hydrogens (tertiary/aromatic N) is 1. The molecule has 1 amide bonds. The molecule has 5 nitrogen and oxygen atoms in total. The lowest BCUT2D eigenvalue weighted by atomic mass is 10.1. The van der Waals surface area contributed by atoms with E-state index in [-0.39, 0.29) is 11.3 Å². The van der Waals surface area contributed by atoms with Crippen molar-refractivity contribution in [3.8, 4) is 0 Å². The maximum absolute atomic E-state index is 12.8. The van der Waals surface area contributed by atoms with Crippen LogP contribution in [0.25, 0.3) is 0 Å². The molecule has 1 aliphatic carbocycles. The van der Waals surface area contributed by atoms with Crippen LogP contribution in [-0.4, -0.2) is 39.1 Å². The highest BCUT2D eigenvalue weighted by Gasteiger charge is 2.48. The van der Waals surface area contributed by atoms with Crippen LogP contribution >= 0.6 is 27.7 Å². The Bertz CT molecular complexity index is 586. The summed E-state index contributed by atoms with van der Waals surface area (Å²) in [6.45, 7) is 0. The van der Waals surface area contributed by atoms with E-state index in [2.05, 4.69) is 15.9 Å². The molecule has 0 spiro atoms. The molecule has 2 fully saturated rings. The summed E-state index contributed by atoms with van der Waals surface area (Å²) >= 11 is 4.89. The zero-order valence-corrected chi connectivity index (χ0v) is 13.6. The van der Waals surface area contributed by atoms with Crippen LogP contribution in [-0.2, 0) is 4.79 Å². The molecule has 0 radical (unpaired) electrons. The maximum atomic E-state index is 12.8. The van der Waals surface area contributed by atoms with E-state index in [0.717, 1.165) is 12.8 Å². The third-order valence-electron chi connectivity index (χ3n) is 3.75. The van der Waals surface area contributed by atoms with Crippen molar-refractivity contribution < 1.29 is 14.7 Å². The molecule has 1 heterocycles. The highest BCUT2D eigenvalue weighted by atomic mass is 79.9. The molecule has 3 rings (SSSR count). The SMILES string of the molecule is Nc1cc(Br)cc(C(=O)N2C(C(=O)O)CSC2C2CC2)c1. The van der Waals surface area contributed by atoms with Gasteiger partial charge < -0.3 is 15.7 Å². The molecule has 1 saturated heterocycles. The fourth-order valence-electron chi connectivity index (χ4n) is 2.60. The fourth-order valence-corrected chi connectivity index (χ4v) is 4.75. The van der Waals surface area contributed by atoms with Crippen LogP contribution in [0.4, 0.5) is 5.69 Å². The lowest BCUT2D eigenvalue weighted by molar-refractivity contribution is -0.141. The Labute approximate surface area is 135 Å². The van der Waals surface area contributed by atoms with Gasteiger partial charge in [-0.3, -0.25) is 4.79 Å². The molecule has 2 unspecified atom stereocenters. The second kappa shape index (κ2) is 5.53. The first-order valence-electron chi connectivity index (χ1n) is 6.70. The van der Waals surface area contributed by atoms with Gasteiger partial charge in [0.05, 0.1) is 5.37 Å². The highest BCUT2D eigenvalue weighted by Crippen LogP contribution is 2.46. The molecular weight excluding hydrogens is 356 g/mol. The molecule has 112 valence electrons. The summed E-state index contributed by atoms with van der Waals surface area (Å²) in [5, 5.41) is 9.34. The van der Waals surface area contributed by atoms with E-state index in [1.807, 2.05) is 0 Å². The average molecular weight is 371 g/mol. The predicted octanol–water partition coefficient (Wildman–Crippen LogP) is 2.41. The maximum Gasteiger partial charge on any atom is 0.327 e. The van der Waals surface area contributed by atoms with Gasteiger partial charge in [-0.1, -0.05) is 15.9 Å². The van der Waals surface area contributed by atoms with Crippen LogP contribution in [0.15, 0.2) is 22.7 Å². The predicted molar refractivity (Wildman–Crippen MR) is 85.1 cm³/mol. The Balaban J connectivity index is 1.93. The number of anilines is 1. The minimum Gasteiger partial charge on any atom is -0.480 e. The van der Waals surface area contributed by atoms with Gasteiger partial charge >= 0.3 is 5.97 Å². The number of hydrogen-bond acceptors (Lipinski definition) is 4. The van der Waals surface area contributed by atoms with Crippen molar-refractivity contribution in [1.82, 2.24) is 4.90 Å². The average Bonchev–Trinajstić information content (AvgIpc) is 3.15. The normalized spacial score (nSPS) is 25.1. The standard InChI is InChI=1S/C14H15BrN2O3S/c15-9-3-8(4-10(16)5-9)12(18)17-11(14(19)20)6-21-13(17)7-1-2-7/h3-5,7,11,13H,1-2,6,16H2,(H,19,20). The summed E-state index contributed by atoms with van der Waals surface area (Å²) in [5.41, 5.74) is 6.69. The van der Waals surface area contributed by atoms with Crippen LogP contribution in [0.5, 0.6) is 0 Å². The monoisotopic (exact) mass is 370 g/mol. The number of carbonyl (C=O) groups is 2. The summed E-state index contributed by atoms with van der Waals surface area (Å²) in [6.07, 6.45) is 2.13. The topological polar surface area (TPSA) is 83.6 Å². The Kier molecular flexibility index (Phi) is 3.88. The zero-order valence-electron chi connectivity index (χ0n) is 11.2. The van der Waals surface area contributed by atoms with Crippen LogP contribution < -0.4 is 5.73 Å². The Hall–Kier alpha value is -1.21. The van der Waals surface area contributed by atoms with Gasteiger partial charge in [0.2, 0.25) is 0 Å². The number of nitrogen functional groups attached to an aromatic ring is 1. The van der Waals surface area contributed by atoms with Gasteiger partial charge in [0.15, 0.2) is 0 Å². The number of carboxylic acids is 1. The van der Waals surface area contributed by atoms with Crippen molar-refractivity contribution in [3.63, 3.8) is 0 Å². The number of benzene rings is 1. The van der Waals surface area contributed by atoms with E-state index in [9.17, 15) is 14.7 Å². The van der Waals surface area contributed by atoms with Crippen molar-refractivity contribution in [1.29, 1.82) is 0 Å². The van der Waals surface area contributed by atoms with E-state index in [4.69, 9.17) is 5.73 Å². The fraction of sp³-hybridized carbons (Fsp3) is 0.429. The molecule has 2 atom stereocenters. The number of aliphatic carboxylic acids is 1. The molecule has 21 heavy (non-hydrogen) atoms. The first-order chi connectivity index (χ1) is 9.97. The van der Waals surface area contributed by atoms with Crippen LogP contribution in [0.1, 0.15) is 23.2 Å². The van der Waals surface area contributed by atoms with Gasteiger partial charge in [-0.05, 0) is 37.0 Å². The zero-order chi connectivity index (χ0) is 15.1. The molecule has 1 saturated carbocycles.